The monoisotopic (exact) mass is 204 g/mol. The lowest BCUT2D eigenvalue weighted by atomic mass is 10.1. The van der Waals surface area contributed by atoms with Crippen molar-refractivity contribution >= 4 is 11.0 Å². The fourth-order valence-electron chi connectivity index (χ4n) is 1.72. The molecule has 0 spiro atoms. The summed E-state index contributed by atoms with van der Waals surface area (Å²) in [5.74, 6) is 1.02. The van der Waals surface area contributed by atoms with Gasteiger partial charge in [0, 0.05) is 13.2 Å². The molecule has 80 valence electrons. The highest BCUT2D eigenvalue weighted by Gasteiger charge is 2.24. The second-order valence-corrected chi connectivity index (χ2v) is 4.23. The first-order valence-electron chi connectivity index (χ1n) is 5.02. The number of aryl methyl sites for hydroxylation is 1. The van der Waals surface area contributed by atoms with Crippen LogP contribution in [0.5, 0.6) is 0 Å². The molecule has 0 saturated heterocycles. The van der Waals surface area contributed by atoms with Crippen LogP contribution in [0.1, 0.15) is 19.7 Å². The first-order chi connectivity index (χ1) is 7.06. The van der Waals surface area contributed by atoms with Crippen molar-refractivity contribution in [3.8, 4) is 0 Å². The van der Waals surface area contributed by atoms with Crippen LogP contribution in [0.15, 0.2) is 18.5 Å². The Hall–Kier alpha value is -1.42. The smallest absolute Gasteiger partial charge is 0.129 e. The summed E-state index contributed by atoms with van der Waals surface area (Å²) in [6.07, 6.45) is 3.59. The Morgan fingerprint density at radius 3 is 2.73 bits per heavy atom. The van der Waals surface area contributed by atoms with E-state index in [-0.39, 0.29) is 5.54 Å². The van der Waals surface area contributed by atoms with Gasteiger partial charge in [0.15, 0.2) is 0 Å². The van der Waals surface area contributed by atoms with Crippen molar-refractivity contribution in [2.75, 3.05) is 7.05 Å². The maximum absolute atomic E-state index is 4.59. The van der Waals surface area contributed by atoms with Gasteiger partial charge in [-0.1, -0.05) is 0 Å². The topological polar surface area (TPSA) is 42.7 Å². The van der Waals surface area contributed by atoms with E-state index in [2.05, 4.69) is 33.7 Å². The quantitative estimate of drug-likeness (QED) is 0.804. The summed E-state index contributed by atoms with van der Waals surface area (Å²) in [6, 6.07) is 1.98. The molecule has 2 heterocycles. The molecule has 0 unspecified atom stereocenters. The first-order valence-corrected chi connectivity index (χ1v) is 5.02. The molecule has 0 amide bonds. The summed E-state index contributed by atoms with van der Waals surface area (Å²) in [7, 11) is 3.97. The highest BCUT2D eigenvalue weighted by atomic mass is 15.1. The molecule has 0 fully saturated rings. The third-order valence-electron chi connectivity index (χ3n) is 2.87. The molecule has 4 nitrogen and oxygen atoms in total. The van der Waals surface area contributed by atoms with Gasteiger partial charge in [0.1, 0.15) is 11.3 Å². The van der Waals surface area contributed by atoms with Crippen LogP contribution < -0.4 is 5.32 Å². The Balaban J connectivity index is 2.68. The molecule has 0 atom stereocenters. The second kappa shape index (κ2) is 3.31. The summed E-state index contributed by atoms with van der Waals surface area (Å²) in [4.78, 5) is 8.67. The van der Waals surface area contributed by atoms with Gasteiger partial charge in [0.25, 0.3) is 0 Å². The van der Waals surface area contributed by atoms with Gasteiger partial charge in [-0.05, 0) is 27.0 Å². The van der Waals surface area contributed by atoms with E-state index in [0.717, 1.165) is 16.9 Å². The molecule has 2 aromatic heterocycles. The van der Waals surface area contributed by atoms with Gasteiger partial charge in [-0.15, -0.1) is 0 Å². The molecule has 0 aliphatic carbocycles. The number of rotatable bonds is 2. The van der Waals surface area contributed by atoms with Crippen molar-refractivity contribution in [3.63, 3.8) is 0 Å². The van der Waals surface area contributed by atoms with Crippen molar-refractivity contribution in [1.82, 2.24) is 19.9 Å². The lowest BCUT2D eigenvalue weighted by Crippen LogP contribution is -2.35. The minimum Gasteiger partial charge on any atom is -0.329 e. The van der Waals surface area contributed by atoms with Gasteiger partial charge in [-0.3, -0.25) is 4.98 Å². The first kappa shape index (κ1) is 10.1. The summed E-state index contributed by atoms with van der Waals surface area (Å²) >= 11 is 0. The van der Waals surface area contributed by atoms with E-state index in [1.54, 1.807) is 12.4 Å². The molecule has 0 aromatic carbocycles. The SMILES string of the molecule is CNC(C)(C)c1nc2cnccc2n1C. The summed E-state index contributed by atoms with van der Waals surface area (Å²) in [5, 5.41) is 3.26. The van der Waals surface area contributed by atoms with Gasteiger partial charge in [-0.25, -0.2) is 4.98 Å². The number of nitrogens with one attached hydrogen (secondary N) is 1. The largest absolute Gasteiger partial charge is 0.329 e. The molecule has 0 radical (unpaired) electrons. The van der Waals surface area contributed by atoms with E-state index >= 15 is 0 Å². The molecule has 0 aliphatic rings. The molecule has 2 aromatic rings. The standard InChI is InChI=1S/C11H16N4/c1-11(2,12-3)10-14-8-7-13-6-5-9(8)15(10)4/h5-7,12H,1-4H3. The third-order valence-corrected chi connectivity index (χ3v) is 2.87. The fourth-order valence-corrected chi connectivity index (χ4v) is 1.72. The van der Waals surface area contributed by atoms with Crippen molar-refractivity contribution < 1.29 is 0 Å². The number of hydrogen-bond donors (Lipinski definition) is 1. The van der Waals surface area contributed by atoms with E-state index in [4.69, 9.17) is 0 Å². The van der Waals surface area contributed by atoms with Crippen LogP contribution in [0.4, 0.5) is 0 Å². The predicted octanol–water partition coefficient (Wildman–Crippen LogP) is 1.42. The molecular formula is C11H16N4. The minimum absolute atomic E-state index is 0.131. The molecule has 0 aliphatic heterocycles. The van der Waals surface area contributed by atoms with Gasteiger partial charge in [-0.2, -0.15) is 0 Å². The minimum atomic E-state index is -0.131. The van der Waals surface area contributed by atoms with Gasteiger partial charge >= 0.3 is 0 Å². The second-order valence-electron chi connectivity index (χ2n) is 4.23. The molecule has 2 rings (SSSR count). The maximum atomic E-state index is 4.59. The number of aromatic nitrogens is 3. The highest BCUT2D eigenvalue weighted by Crippen LogP contribution is 2.22. The van der Waals surface area contributed by atoms with Crippen LogP contribution in [-0.4, -0.2) is 21.6 Å². The third kappa shape index (κ3) is 1.51. The van der Waals surface area contributed by atoms with Crippen LogP contribution in [0.3, 0.4) is 0 Å². The van der Waals surface area contributed by atoms with Gasteiger partial charge in [0.05, 0.1) is 17.3 Å². The number of nitrogens with zero attached hydrogens (tertiary/aromatic N) is 3. The molecule has 0 saturated carbocycles. The van der Waals surface area contributed by atoms with Gasteiger partial charge < -0.3 is 9.88 Å². The Morgan fingerprint density at radius 1 is 1.40 bits per heavy atom. The highest BCUT2D eigenvalue weighted by molar-refractivity contribution is 5.74. The van der Waals surface area contributed by atoms with E-state index in [9.17, 15) is 0 Å². The van der Waals surface area contributed by atoms with Crippen LogP contribution >= 0.6 is 0 Å². The summed E-state index contributed by atoms with van der Waals surface area (Å²) in [5.41, 5.74) is 1.93. The van der Waals surface area contributed by atoms with E-state index < -0.39 is 0 Å². The van der Waals surface area contributed by atoms with Crippen molar-refractivity contribution in [1.29, 1.82) is 0 Å². The Morgan fingerprint density at radius 2 is 2.13 bits per heavy atom. The number of fused-ring (bicyclic) bond motifs is 1. The normalized spacial score (nSPS) is 12.3. The molecule has 4 heteroatoms. The average molecular weight is 204 g/mol. The van der Waals surface area contributed by atoms with E-state index in [0.29, 0.717) is 0 Å². The number of pyridine rings is 1. The zero-order chi connectivity index (χ0) is 11.1. The Labute approximate surface area is 89.3 Å². The van der Waals surface area contributed by atoms with Crippen molar-refractivity contribution in [2.24, 2.45) is 7.05 Å². The lowest BCUT2D eigenvalue weighted by molar-refractivity contribution is 0.407. The molecule has 15 heavy (non-hydrogen) atoms. The Bertz CT molecular complexity index is 484. The fraction of sp³-hybridized carbons (Fsp3) is 0.455. The molecular weight excluding hydrogens is 188 g/mol. The maximum Gasteiger partial charge on any atom is 0.129 e. The van der Waals surface area contributed by atoms with Crippen LogP contribution in [0.25, 0.3) is 11.0 Å². The zero-order valence-electron chi connectivity index (χ0n) is 9.57. The average Bonchev–Trinajstić information content (AvgIpc) is 2.58. The van der Waals surface area contributed by atoms with E-state index in [1.807, 2.05) is 20.2 Å². The summed E-state index contributed by atoms with van der Waals surface area (Å²) < 4.78 is 2.10. The predicted molar refractivity (Wildman–Crippen MR) is 60.6 cm³/mol. The molecule has 0 bridgehead atoms. The lowest BCUT2D eigenvalue weighted by Gasteiger charge is -2.23. The number of hydrogen-bond acceptors (Lipinski definition) is 3. The van der Waals surface area contributed by atoms with Crippen LogP contribution in [-0.2, 0) is 12.6 Å². The number of imidazole rings is 1. The Kier molecular flexibility index (Phi) is 2.23. The zero-order valence-corrected chi connectivity index (χ0v) is 9.57. The van der Waals surface area contributed by atoms with Crippen LogP contribution in [0, 0.1) is 0 Å². The van der Waals surface area contributed by atoms with E-state index in [1.165, 1.54) is 0 Å². The van der Waals surface area contributed by atoms with Crippen LogP contribution in [0.2, 0.25) is 0 Å². The van der Waals surface area contributed by atoms with Crippen molar-refractivity contribution in [2.45, 2.75) is 19.4 Å². The molecule has 1 N–H and O–H groups in total. The van der Waals surface area contributed by atoms with Crippen molar-refractivity contribution in [3.05, 3.63) is 24.3 Å². The summed E-state index contributed by atoms with van der Waals surface area (Å²) in [6.45, 7) is 4.23. The van der Waals surface area contributed by atoms with Gasteiger partial charge in [0.2, 0.25) is 0 Å².